The van der Waals surface area contributed by atoms with Gasteiger partial charge in [0.1, 0.15) is 0 Å². The first-order valence-corrected chi connectivity index (χ1v) is 3.82. The van der Waals surface area contributed by atoms with Crippen molar-refractivity contribution < 1.29 is 4.79 Å². The molecule has 1 aromatic rings. The average molecular weight is 167 g/mol. The number of aromatic nitrogens is 2. The molecule has 0 saturated heterocycles. The van der Waals surface area contributed by atoms with Gasteiger partial charge in [0.2, 0.25) is 0 Å². The number of ketones is 1. The van der Waals surface area contributed by atoms with Crippen LogP contribution in [0.5, 0.6) is 0 Å². The standard InChI is InChI=1S/C8H13N3O/c1-5(9)8(12)7-4-11(3)10-6(7)2/h4-5H,9H2,1-3H3. The molecular formula is C8H13N3O. The van der Waals surface area contributed by atoms with Gasteiger partial charge in [-0.15, -0.1) is 0 Å². The van der Waals surface area contributed by atoms with E-state index in [1.807, 2.05) is 0 Å². The van der Waals surface area contributed by atoms with Crippen LogP contribution in [-0.4, -0.2) is 21.6 Å². The molecular weight excluding hydrogens is 154 g/mol. The molecule has 0 aromatic carbocycles. The molecule has 1 aromatic heterocycles. The number of hydrogen-bond donors (Lipinski definition) is 1. The average Bonchev–Trinajstić information content (AvgIpc) is 2.28. The van der Waals surface area contributed by atoms with Crippen LogP contribution >= 0.6 is 0 Å². The van der Waals surface area contributed by atoms with Crippen molar-refractivity contribution in [3.8, 4) is 0 Å². The zero-order valence-electron chi connectivity index (χ0n) is 7.53. The first kappa shape index (κ1) is 8.93. The molecule has 1 unspecified atom stereocenters. The Morgan fingerprint density at radius 2 is 2.33 bits per heavy atom. The molecule has 0 spiro atoms. The van der Waals surface area contributed by atoms with E-state index in [4.69, 9.17) is 5.73 Å². The summed E-state index contributed by atoms with van der Waals surface area (Å²) >= 11 is 0. The van der Waals surface area contributed by atoms with Crippen molar-refractivity contribution >= 4 is 5.78 Å². The molecule has 1 rings (SSSR count). The second-order valence-electron chi connectivity index (χ2n) is 2.95. The van der Waals surface area contributed by atoms with Crippen LogP contribution in [0, 0.1) is 6.92 Å². The molecule has 0 aliphatic rings. The lowest BCUT2D eigenvalue weighted by atomic mass is 10.1. The van der Waals surface area contributed by atoms with Crippen molar-refractivity contribution in [1.29, 1.82) is 0 Å². The minimum Gasteiger partial charge on any atom is -0.321 e. The normalized spacial score (nSPS) is 13.0. The number of aryl methyl sites for hydroxylation is 2. The van der Waals surface area contributed by atoms with Crippen LogP contribution in [0.2, 0.25) is 0 Å². The van der Waals surface area contributed by atoms with E-state index in [1.165, 1.54) is 0 Å². The van der Waals surface area contributed by atoms with Gasteiger partial charge < -0.3 is 5.73 Å². The largest absolute Gasteiger partial charge is 0.321 e. The summed E-state index contributed by atoms with van der Waals surface area (Å²) in [5, 5.41) is 4.05. The minimum absolute atomic E-state index is 0.0550. The number of nitrogens with two attached hydrogens (primary N) is 1. The van der Waals surface area contributed by atoms with E-state index in [1.54, 1.807) is 31.8 Å². The smallest absolute Gasteiger partial charge is 0.182 e. The van der Waals surface area contributed by atoms with Crippen LogP contribution < -0.4 is 5.73 Å². The SMILES string of the molecule is Cc1nn(C)cc1C(=O)C(C)N. The van der Waals surface area contributed by atoms with Gasteiger partial charge in [0.05, 0.1) is 17.3 Å². The molecule has 0 amide bonds. The van der Waals surface area contributed by atoms with Gasteiger partial charge in [0, 0.05) is 13.2 Å². The highest BCUT2D eigenvalue weighted by atomic mass is 16.1. The molecule has 1 heterocycles. The van der Waals surface area contributed by atoms with Gasteiger partial charge in [-0.05, 0) is 13.8 Å². The Morgan fingerprint density at radius 3 is 2.67 bits per heavy atom. The third-order valence-corrected chi connectivity index (χ3v) is 1.69. The topological polar surface area (TPSA) is 60.9 Å². The van der Waals surface area contributed by atoms with Crippen molar-refractivity contribution in [3.05, 3.63) is 17.5 Å². The molecule has 0 aliphatic carbocycles. The molecule has 1 atom stereocenters. The highest BCUT2D eigenvalue weighted by molar-refractivity contribution is 6.00. The van der Waals surface area contributed by atoms with Crippen LogP contribution in [0.1, 0.15) is 23.0 Å². The molecule has 0 aliphatic heterocycles. The minimum atomic E-state index is -0.451. The van der Waals surface area contributed by atoms with E-state index in [-0.39, 0.29) is 5.78 Å². The van der Waals surface area contributed by atoms with Crippen molar-refractivity contribution in [2.45, 2.75) is 19.9 Å². The Balaban J connectivity index is 3.02. The van der Waals surface area contributed by atoms with E-state index in [0.29, 0.717) is 5.56 Å². The van der Waals surface area contributed by atoms with Crippen molar-refractivity contribution in [1.82, 2.24) is 9.78 Å². The third-order valence-electron chi connectivity index (χ3n) is 1.69. The number of hydrogen-bond acceptors (Lipinski definition) is 3. The lowest BCUT2D eigenvalue weighted by molar-refractivity contribution is 0.0967. The van der Waals surface area contributed by atoms with Crippen molar-refractivity contribution in [2.75, 3.05) is 0 Å². The molecule has 4 heteroatoms. The lowest BCUT2D eigenvalue weighted by Gasteiger charge is -2.00. The lowest BCUT2D eigenvalue weighted by Crippen LogP contribution is -2.26. The summed E-state index contributed by atoms with van der Waals surface area (Å²) in [5.41, 5.74) is 6.81. The highest BCUT2D eigenvalue weighted by Crippen LogP contribution is 2.06. The Morgan fingerprint density at radius 1 is 1.75 bits per heavy atom. The monoisotopic (exact) mass is 167 g/mol. The highest BCUT2D eigenvalue weighted by Gasteiger charge is 2.15. The zero-order chi connectivity index (χ0) is 9.30. The quantitative estimate of drug-likeness (QED) is 0.642. The Hall–Kier alpha value is -1.16. The van der Waals surface area contributed by atoms with Crippen molar-refractivity contribution in [3.63, 3.8) is 0 Å². The number of rotatable bonds is 2. The van der Waals surface area contributed by atoms with Crippen molar-refractivity contribution in [2.24, 2.45) is 12.8 Å². The summed E-state index contributed by atoms with van der Waals surface area (Å²) in [6.45, 7) is 3.48. The molecule has 0 saturated carbocycles. The van der Waals surface area contributed by atoms with E-state index in [0.717, 1.165) is 5.69 Å². The summed E-state index contributed by atoms with van der Waals surface area (Å²) in [7, 11) is 1.78. The van der Waals surface area contributed by atoms with Crippen LogP contribution in [0.15, 0.2) is 6.20 Å². The van der Waals surface area contributed by atoms with Crippen LogP contribution in [0.4, 0.5) is 0 Å². The summed E-state index contributed by atoms with van der Waals surface area (Å²) in [4.78, 5) is 11.4. The predicted octanol–water partition coefficient (Wildman–Crippen LogP) is 0.258. The molecule has 12 heavy (non-hydrogen) atoms. The number of carbonyl (C=O) groups is 1. The summed E-state index contributed by atoms with van der Waals surface area (Å²) in [5.74, 6) is -0.0550. The third kappa shape index (κ3) is 1.53. The van der Waals surface area contributed by atoms with Gasteiger partial charge in [-0.25, -0.2) is 0 Å². The molecule has 0 radical (unpaired) electrons. The van der Waals surface area contributed by atoms with Crippen LogP contribution in [-0.2, 0) is 7.05 Å². The predicted molar refractivity (Wildman–Crippen MR) is 45.9 cm³/mol. The van der Waals surface area contributed by atoms with Gasteiger partial charge >= 0.3 is 0 Å². The number of carbonyl (C=O) groups excluding carboxylic acids is 1. The fourth-order valence-electron chi connectivity index (χ4n) is 1.09. The van der Waals surface area contributed by atoms with Gasteiger partial charge in [0.25, 0.3) is 0 Å². The van der Waals surface area contributed by atoms with Gasteiger partial charge in [0.15, 0.2) is 5.78 Å². The second-order valence-corrected chi connectivity index (χ2v) is 2.95. The number of nitrogens with zero attached hydrogens (tertiary/aromatic N) is 2. The first-order chi connectivity index (χ1) is 5.52. The Kier molecular flexibility index (Phi) is 2.28. The molecule has 0 fully saturated rings. The fraction of sp³-hybridized carbons (Fsp3) is 0.500. The van der Waals surface area contributed by atoms with E-state index in [9.17, 15) is 4.79 Å². The van der Waals surface area contributed by atoms with E-state index in [2.05, 4.69) is 5.10 Å². The maximum atomic E-state index is 11.4. The number of Topliss-reactive ketones (excluding diaryl/α,β-unsaturated/α-hetero) is 1. The molecule has 4 nitrogen and oxygen atoms in total. The Labute approximate surface area is 71.4 Å². The molecule has 2 N–H and O–H groups in total. The van der Waals surface area contributed by atoms with Crippen LogP contribution in [0.3, 0.4) is 0 Å². The Bertz CT molecular complexity index is 301. The molecule has 66 valence electrons. The second kappa shape index (κ2) is 3.06. The van der Waals surface area contributed by atoms with E-state index >= 15 is 0 Å². The molecule has 0 bridgehead atoms. The maximum Gasteiger partial charge on any atom is 0.182 e. The summed E-state index contributed by atoms with van der Waals surface area (Å²) in [6.07, 6.45) is 1.70. The first-order valence-electron chi connectivity index (χ1n) is 3.82. The van der Waals surface area contributed by atoms with Gasteiger partial charge in [-0.1, -0.05) is 0 Å². The van der Waals surface area contributed by atoms with Crippen LogP contribution in [0.25, 0.3) is 0 Å². The van der Waals surface area contributed by atoms with E-state index < -0.39 is 6.04 Å². The summed E-state index contributed by atoms with van der Waals surface area (Å²) in [6, 6.07) is -0.451. The zero-order valence-corrected chi connectivity index (χ0v) is 7.53. The maximum absolute atomic E-state index is 11.4. The fourth-order valence-corrected chi connectivity index (χ4v) is 1.09. The summed E-state index contributed by atoms with van der Waals surface area (Å²) < 4.78 is 1.62. The van der Waals surface area contributed by atoms with Gasteiger partial charge in [-0.3, -0.25) is 9.48 Å². The van der Waals surface area contributed by atoms with Gasteiger partial charge in [-0.2, -0.15) is 5.10 Å².